The summed E-state index contributed by atoms with van der Waals surface area (Å²) in [5.41, 5.74) is 1.06. The molecule has 0 fully saturated rings. The zero-order valence-corrected chi connectivity index (χ0v) is 9.42. The normalized spacial score (nSPS) is 11.3. The topological polar surface area (TPSA) is 43.1 Å². The van der Waals surface area contributed by atoms with Gasteiger partial charge in [0.05, 0.1) is 4.92 Å². The summed E-state index contributed by atoms with van der Waals surface area (Å²) in [5.74, 6) is -0.371. The Bertz CT molecular complexity index is 577. The van der Waals surface area contributed by atoms with E-state index in [4.69, 9.17) is 0 Å². The van der Waals surface area contributed by atoms with Gasteiger partial charge < -0.3 is 0 Å². The van der Waals surface area contributed by atoms with Crippen molar-refractivity contribution in [2.45, 2.75) is 0 Å². The van der Waals surface area contributed by atoms with Gasteiger partial charge in [-0.3, -0.25) is 10.1 Å². The Balaban J connectivity index is 2.25. The number of nitro groups is 1. The van der Waals surface area contributed by atoms with Crippen LogP contribution in [0.3, 0.4) is 0 Å². The molecule has 2 aromatic carbocycles. The monoisotopic (exact) mass is 243 g/mol. The number of hydrogen-bond donors (Lipinski definition) is 0. The van der Waals surface area contributed by atoms with Crippen LogP contribution in [-0.4, -0.2) is 4.92 Å². The summed E-state index contributed by atoms with van der Waals surface area (Å²) in [5, 5.41) is 10.5. The molecule has 0 saturated heterocycles. The van der Waals surface area contributed by atoms with Crippen LogP contribution in [0, 0.1) is 10.1 Å². The minimum atomic E-state index is -0.485. The molecule has 3 nitrogen and oxygen atoms in total. The molecule has 90 valence electrons. The zero-order chi connectivity index (χ0) is 13.0. The second-order valence-corrected chi connectivity index (χ2v) is 3.71. The molecule has 0 aliphatic heterocycles. The quantitative estimate of drug-likeness (QED) is 0.463. The molecule has 4 heteroatoms. The van der Waals surface area contributed by atoms with Gasteiger partial charge in [-0.25, -0.2) is 4.39 Å². The van der Waals surface area contributed by atoms with Gasteiger partial charge in [0.1, 0.15) is 5.83 Å². The summed E-state index contributed by atoms with van der Waals surface area (Å²) in [6.45, 7) is 0. The largest absolute Gasteiger partial charge is 0.269 e. The number of benzene rings is 2. The van der Waals surface area contributed by atoms with Gasteiger partial charge in [-0.05, 0) is 23.8 Å². The minimum Gasteiger partial charge on any atom is -0.258 e. The van der Waals surface area contributed by atoms with E-state index in [1.165, 1.54) is 30.3 Å². The van der Waals surface area contributed by atoms with E-state index in [-0.39, 0.29) is 11.5 Å². The van der Waals surface area contributed by atoms with Gasteiger partial charge in [0.25, 0.3) is 5.69 Å². The molecule has 0 aromatic heterocycles. The van der Waals surface area contributed by atoms with Crippen LogP contribution in [0.1, 0.15) is 11.1 Å². The smallest absolute Gasteiger partial charge is 0.258 e. The van der Waals surface area contributed by atoms with Crippen LogP contribution in [0.25, 0.3) is 11.9 Å². The van der Waals surface area contributed by atoms with Gasteiger partial charge in [0.15, 0.2) is 0 Å². The predicted octanol–water partition coefficient (Wildman–Crippen LogP) is 4.06. The maximum atomic E-state index is 13.8. The van der Waals surface area contributed by atoms with Crippen LogP contribution in [0.2, 0.25) is 0 Å². The number of non-ortho nitro benzene ring substituents is 1. The SMILES string of the molecule is O=[N+]([O-])c1ccc(/C=C(\F)c2ccccc2)cc1. The summed E-state index contributed by atoms with van der Waals surface area (Å²) in [7, 11) is 0. The van der Waals surface area contributed by atoms with Gasteiger partial charge in [-0.15, -0.1) is 0 Å². The second kappa shape index (κ2) is 5.23. The lowest BCUT2D eigenvalue weighted by Crippen LogP contribution is -1.86. The van der Waals surface area contributed by atoms with Crippen LogP contribution in [0.5, 0.6) is 0 Å². The third-order valence-corrected chi connectivity index (χ3v) is 2.45. The molecule has 18 heavy (non-hydrogen) atoms. The van der Waals surface area contributed by atoms with Crippen molar-refractivity contribution in [2.75, 3.05) is 0 Å². The number of rotatable bonds is 3. The highest BCUT2D eigenvalue weighted by molar-refractivity contribution is 5.76. The molecule has 0 aliphatic rings. The van der Waals surface area contributed by atoms with E-state index in [9.17, 15) is 14.5 Å². The Labute approximate surface area is 103 Å². The lowest BCUT2D eigenvalue weighted by Gasteiger charge is -1.98. The molecular weight excluding hydrogens is 233 g/mol. The Hall–Kier alpha value is -2.49. The van der Waals surface area contributed by atoms with Crippen molar-refractivity contribution >= 4 is 17.6 Å². The van der Waals surface area contributed by atoms with E-state index in [1.54, 1.807) is 24.3 Å². The van der Waals surface area contributed by atoms with E-state index in [0.29, 0.717) is 11.1 Å². The van der Waals surface area contributed by atoms with E-state index in [2.05, 4.69) is 0 Å². The average molecular weight is 243 g/mol. The molecule has 2 rings (SSSR count). The summed E-state index contributed by atoms with van der Waals surface area (Å²) < 4.78 is 13.8. The number of halogens is 1. The number of hydrogen-bond acceptors (Lipinski definition) is 2. The van der Waals surface area contributed by atoms with Crippen LogP contribution in [-0.2, 0) is 0 Å². The van der Waals surface area contributed by atoms with Crippen molar-refractivity contribution in [3.8, 4) is 0 Å². The molecule has 0 heterocycles. The molecule has 0 aliphatic carbocycles. The van der Waals surface area contributed by atoms with Crippen molar-refractivity contribution in [3.05, 3.63) is 75.8 Å². The zero-order valence-electron chi connectivity index (χ0n) is 9.42. The Morgan fingerprint density at radius 1 is 1.06 bits per heavy atom. The highest BCUT2D eigenvalue weighted by Gasteiger charge is 2.04. The van der Waals surface area contributed by atoms with Gasteiger partial charge in [-0.1, -0.05) is 30.3 Å². The van der Waals surface area contributed by atoms with Crippen molar-refractivity contribution in [3.63, 3.8) is 0 Å². The van der Waals surface area contributed by atoms with E-state index < -0.39 is 4.92 Å². The van der Waals surface area contributed by atoms with Crippen molar-refractivity contribution in [1.82, 2.24) is 0 Å². The van der Waals surface area contributed by atoms with Crippen molar-refractivity contribution in [1.29, 1.82) is 0 Å². The fourth-order valence-electron chi connectivity index (χ4n) is 1.52. The minimum absolute atomic E-state index is 0.00716. The van der Waals surface area contributed by atoms with Crippen LogP contribution in [0.4, 0.5) is 10.1 Å². The van der Waals surface area contributed by atoms with Crippen LogP contribution >= 0.6 is 0 Å². The highest BCUT2D eigenvalue weighted by atomic mass is 19.1. The third kappa shape index (κ3) is 2.79. The van der Waals surface area contributed by atoms with Crippen molar-refractivity contribution in [2.24, 2.45) is 0 Å². The first kappa shape index (κ1) is 12.0. The average Bonchev–Trinajstić information content (AvgIpc) is 2.40. The van der Waals surface area contributed by atoms with Gasteiger partial charge >= 0.3 is 0 Å². The first-order valence-electron chi connectivity index (χ1n) is 5.34. The van der Waals surface area contributed by atoms with Crippen LogP contribution in [0.15, 0.2) is 54.6 Å². The lowest BCUT2D eigenvalue weighted by molar-refractivity contribution is -0.384. The van der Waals surface area contributed by atoms with Crippen molar-refractivity contribution < 1.29 is 9.31 Å². The lowest BCUT2D eigenvalue weighted by atomic mass is 10.1. The first-order chi connectivity index (χ1) is 8.66. The number of nitrogens with zero attached hydrogens (tertiary/aromatic N) is 1. The summed E-state index contributed by atoms with van der Waals surface area (Å²) >= 11 is 0. The maximum Gasteiger partial charge on any atom is 0.269 e. The van der Waals surface area contributed by atoms with Gasteiger partial charge in [0, 0.05) is 17.7 Å². The number of nitro benzene ring substituents is 1. The van der Waals surface area contributed by atoms with Crippen LogP contribution < -0.4 is 0 Å². The molecule has 2 aromatic rings. The molecule has 0 atom stereocenters. The Kier molecular flexibility index (Phi) is 3.48. The third-order valence-electron chi connectivity index (χ3n) is 2.45. The maximum absolute atomic E-state index is 13.8. The van der Waals surface area contributed by atoms with E-state index in [1.807, 2.05) is 6.07 Å². The van der Waals surface area contributed by atoms with E-state index in [0.717, 1.165) is 0 Å². The highest BCUT2D eigenvalue weighted by Crippen LogP contribution is 2.20. The predicted molar refractivity (Wildman–Crippen MR) is 68.5 cm³/mol. The molecule has 0 saturated carbocycles. The fraction of sp³-hybridized carbons (Fsp3) is 0. The Morgan fingerprint density at radius 2 is 1.67 bits per heavy atom. The molecule has 0 N–H and O–H groups in total. The summed E-state index contributed by atoms with van der Waals surface area (Å²) in [6.07, 6.45) is 1.35. The van der Waals surface area contributed by atoms with Gasteiger partial charge in [0.2, 0.25) is 0 Å². The first-order valence-corrected chi connectivity index (χ1v) is 5.34. The molecule has 0 amide bonds. The molecule has 0 unspecified atom stereocenters. The molecule has 0 radical (unpaired) electrons. The summed E-state index contributed by atoms with van der Waals surface area (Å²) in [6, 6.07) is 14.4. The Morgan fingerprint density at radius 3 is 2.22 bits per heavy atom. The standard InChI is InChI=1S/C14H10FNO2/c15-14(12-4-2-1-3-5-12)10-11-6-8-13(9-7-11)16(17)18/h1-10H/b14-10-. The molecular formula is C14H10FNO2. The molecule has 0 bridgehead atoms. The fourth-order valence-corrected chi connectivity index (χ4v) is 1.52. The van der Waals surface area contributed by atoms with E-state index >= 15 is 0 Å². The van der Waals surface area contributed by atoms with Gasteiger partial charge in [-0.2, -0.15) is 0 Å². The molecule has 0 spiro atoms. The second-order valence-electron chi connectivity index (χ2n) is 3.71. The summed E-state index contributed by atoms with van der Waals surface area (Å²) in [4.78, 5) is 9.99.